The maximum atomic E-state index is 4.08. The minimum absolute atomic E-state index is 0.945. The van der Waals surface area contributed by atoms with Crippen LogP contribution in [0.1, 0.15) is 26.7 Å². The highest BCUT2D eigenvalue weighted by Gasteiger charge is 2.02. The van der Waals surface area contributed by atoms with E-state index in [1.807, 2.05) is 0 Å². The Labute approximate surface area is 87.3 Å². The van der Waals surface area contributed by atoms with Crippen molar-refractivity contribution in [2.75, 3.05) is 17.6 Å². The summed E-state index contributed by atoms with van der Waals surface area (Å²) < 4.78 is 1.07. The topological polar surface area (TPSA) is 37.8 Å². The van der Waals surface area contributed by atoms with Gasteiger partial charge in [0, 0.05) is 12.3 Å². The first-order valence-corrected chi connectivity index (χ1v) is 6.37. The molecular formula is C8H15N3S2. The third-order valence-electron chi connectivity index (χ3n) is 1.36. The number of aromatic nitrogens is 2. The Morgan fingerprint density at radius 2 is 2.15 bits per heavy atom. The number of nitrogens with one attached hydrogen (secondary N) is 1. The van der Waals surface area contributed by atoms with Crippen LogP contribution in [0.25, 0.3) is 0 Å². The van der Waals surface area contributed by atoms with Gasteiger partial charge in [0.25, 0.3) is 0 Å². The van der Waals surface area contributed by atoms with Crippen molar-refractivity contribution >= 4 is 28.2 Å². The minimum atomic E-state index is 0.945. The fourth-order valence-electron chi connectivity index (χ4n) is 0.761. The maximum Gasteiger partial charge on any atom is 0.206 e. The van der Waals surface area contributed by atoms with Gasteiger partial charge >= 0.3 is 0 Å². The lowest BCUT2D eigenvalue weighted by atomic mass is 10.5. The SMILES string of the molecule is CCCNc1nnc(SCCC)s1. The Kier molecular flexibility index (Phi) is 5.15. The van der Waals surface area contributed by atoms with Crippen molar-refractivity contribution in [2.45, 2.75) is 31.0 Å². The molecule has 74 valence electrons. The largest absolute Gasteiger partial charge is 0.360 e. The molecule has 1 heterocycles. The molecule has 0 unspecified atom stereocenters. The van der Waals surface area contributed by atoms with Crippen molar-refractivity contribution in [2.24, 2.45) is 0 Å². The molecule has 0 fully saturated rings. The van der Waals surface area contributed by atoms with E-state index >= 15 is 0 Å². The van der Waals surface area contributed by atoms with Crippen molar-refractivity contribution < 1.29 is 0 Å². The van der Waals surface area contributed by atoms with Crippen LogP contribution >= 0.6 is 23.1 Å². The summed E-state index contributed by atoms with van der Waals surface area (Å²) in [7, 11) is 0. The predicted octanol–water partition coefficient (Wildman–Crippen LogP) is 2.86. The molecule has 0 aliphatic carbocycles. The molecule has 1 rings (SSSR count). The Morgan fingerprint density at radius 1 is 1.31 bits per heavy atom. The van der Waals surface area contributed by atoms with Crippen LogP contribution in [-0.2, 0) is 0 Å². The molecule has 0 aliphatic heterocycles. The summed E-state index contributed by atoms with van der Waals surface area (Å²) in [6.07, 6.45) is 2.30. The first-order valence-electron chi connectivity index (χ1n) is 4.57. The van der Waals surface area contributed by atoms with Gasteiger partial charge in [-0.25, -0.2) is 0 Å². The average molecular weight is 217 g/mol. The van der Waals surface area contributed by atoms with Crippen LogP contribution in [0.5, 0.6) is 0 Å². The van der Waals surface area contributed by atoms with E-state index in [2.05, 4.69) is 29.4 Å². The minimum Gasteiger partial charge on any atom is -0.360 e. The van der Waals surface area contributed by atoms with Crippen LogP contribution in [0, 0.1) is 0 Å². The smallest absolute Gasteiger partial charge is 0.206 e. The highest BCUT2D eigenvalue weighted by atomic mass is 32.2. The van der Waals surface area contributed by atoms with Crippen molar-refractivity contribution in [3.63, 3.8) is 0 Å². The second kappa shape index (κ2) is 6.21. The van der Waals surface area contributed by atoms with Crippen molar-refractivity contribution in [1.29, 1.82) is 0 Å². The Balaban J connectivity index is 2.34. The quantitative estimate of drug-likeness (QED) is 0.744. The Bertz CT molecular complexity index is 215. The van der Waals surface area contributed by atoms with Gasteiger partial charge in [-0.1, -0.05) is 36.9 Å². The average Bonchev–Trinajstić information content (AvgIpc) is 2.59. The normalized spacial score (nSPS) is 10.3. The van der Waals surface area contributed by atoms with E-state index in [0.29, 0.717) is 0 Å². The molecule has 1 aromatic rings. The van der Waals surface area contributed by atoms with Gasteiger partial charge in [-0.2, -0.15) is 0 Å². The molecule has 0 aromatic carbocycles. The number of hydrogen-bond donors (Lipinski definition) is 1. The summed E-state index contributed by atoms with van der Waals surface area (Å²) in [5, 5.41) is 12.3. The van der Waals surface area contributed by atoms with Gasteiger partial charge in [0.2, 0.25) is 5.13 Å². The third kappa shape index (κ3) is 3.95. The zero-order valence-corrected chi connectivity index (χ0v) is 9.67. The van der Waals surface area contributed by atoms with Gasteiger partial charge < -0.3 is 5.32 Å². The Morgan fingerprint density at radius 3 is 2.85 bits per heavy atom. The first kappa shape index (κ1) is 10.8. The van der Waals surface area contributed by atoms with Crippen molar-refractivity contribution in [3.05, 3.63) is 0 Å². The highest BCUT2D eigenvalue weighted by molar-refractivity contribution is 8.01. The van der Waals surface area contributed by atoms with Crippen LogP contribution < -0.4 is 5.32 Å². The Hall–Kier alpha value is -0.290. The first-order chi connectivity index (χ1) is 6.36. The van der Waals surface area contributed by atoms with E-state index in [1.165, 1.54) is 6.42 Å². The molecule has 0 spiro atoms. The summed E-state index contributed by atoms with van der Waals surface area (Å²) in [5.74, 6) is 1.13. The molecule has 0 saturated carbocycles. The predicted molar refractivity (Wildman–Crippen MR) is 59.7 cm³/mol. The molecule has 0 aliphatic rings. The van der Waals surface area contributed by atoms with E-state index in [-0.39, 0.29) is 0 Å². The van der Waals surface area contributed by atoms with Gasteiger partial charge in [-0.3, -0.25) is 0 Å². The second-order valence-electron chi connectivity index (χ2n) is 2.65. The van der Waals surface area contributed by atoms with Crippen molar-refractivity contribution in [1.82, 2.24) is 10.2 Å². The third-order valence-corrected chi connectivity index (χ3v) is 3.58. The highest BCUT2D eigenvalue weighted by Crippen LogP contribution is 2.25. The van der Waals surface area contributed by atoms with E-state index in [1.54, 1.807) is 23.1 Å². The molecule has 0 amide bonds. The van der Waals surface area contributed by atoms with E-state index < -0.39 is 0 Å². The summed E-state index contributed by atoms with van der Waals surface area (Å²) in [6.45, 7) is 5.29. The van der Waals surface area contributed by atoms with Gasteiger partial charge in [0.15, 0.2) is 4.34 Å². The second-order valence-corrected chi connectivity index (χ2v) is 4.97. The van der Waals surface area contributed by atoms with Crippen LogP contribution in [0.4, 0.5) is 5.13 Å². The molecular weight excluding hydrogens is 202 g/mol. The van der Waals surface area contributed by atoms with E-state index in [9.17, 15) is 0 Å². The van der Waals surface area contributed by atoms with Gasteiger partial charge in [-0.05, 0) is 12.8 Å². The molecule has 1 aromatic heterocycles. The summed E-state index contributed by atoms with van der Waals surface area (Å²) in [4.78, 5) is 0. The number of thioether (sulfide) groups is 1. The molecule has 13 heavy (non-hydrogen) atoms. The lowest BCUT2D eigenvalue weighted by Crippen LogP contribution is -1.98. The van der Waals surface area contributed by atoms with E-state index in [4.69, 9.17) is 0 Å². The maximum absolute atomic E-state index is 4.08. The molecule has 0 atom stereocenters. The van der Waals surface area contributed by atoms with E-state index in [0.717, 1.165) is 28.2 Å². The molecule has 0 radical (unpaired) electrons. The number of nitrogens with zero attached hydrogens (tertiary/aromatic N) is 2. The summed E-state index contributed by atoms with van der Waals surface area (Å²) in [5.41, 5.74) is 0. The standard InChI is InChI=1S/C8H15N3S2/c1-3-5-9-7-10-11-8(13-7)12-6-4-2/h3-6H2,1-2H3,(H,9,10). The summed E-state index contributed by atoms with van der Waals surface area (Å²) in [6, 6.07) is 0. The van der Waals surface area contributed by atoms with Gasteiger partial charge in [0.05, 0.1) is 0 Å². The van der Waals surface area contributed by atoms with Crippen LogP contribution in [0.15, 0.2) is 4.34 Å². The number of anilines is 1. The summed E-state index contributed by atoms with van der Waals surface area (Å²) >= 11 is 3.42. The molecule has 0 saturated heterocycles. The van der Waals surface area contributed by atoms with Crippen molar-refractivity contribution in [3.8, 4) is 0 Å². The molecule has 3 nitrogen and oxygen atoms in total. The lowest BCUT2D eigenvalue weighted by Gasteiger charge is -1.95. The molecule has 0 bridgehead atoms. The zero-order valence-electron chi connectivity index (χ0n) is 8.04. The van der Waals surface area contributed by atoms with Crippen LogP contribution in [0.2, 0.25) is 0 Å². The number of hydrogen-bond acceptors (Lipinski definition) is 5. The number of rotatable bonds is 6. The molecule has 5 heteroatoms. The lowest BCUT2D eigenvalue weighted by molar-refractivity contribution is 0.950. The fraction of sp³-hybridized carbons (Fsp3) is 0.750. The van der Waals surface area contributed by atoms with Gasteiger partial charge in [-0.15, -0.1) is 10.2 Å². The van der Waals surface area contributed by atoms with Crippen LogP contribution in [0.3, 0.4) is 0 Å². The van der Waals surface area contributed by atoms with Gasteiger partial charge in [0.1, 0.15) is 0 Å². The zero-order chi connectivity index (χ0) is 9.52. The fourth-order valence-corrected chi connectivity index (χ4v) is 2.46. The molecule has 1 N–H and O–H groups in total. The monoisotopic (exact) mass is 217 g/mol. The van der Waals surface area contributed by atoms with Crippen LogP contribution in [-0.4, -0.2) is 22.5 Å².